The smallest absolute Gasteiger partial charge is 0.350 e. The Morgan fingerprint density at radius 1 is 1.33 bits per heavy atom. The fourth-order valence-corrected chi connectivity index (χ4v) is 3.84. The first-order valence-electron chi connectivity index (χ1n) is 9.19. The van der Waals surface area contributed by atoms with Gasteiger partial charge < -0.3 is 14.8 Å². The minimum Gasteiger partial charge on any atom is -0.451 e. The van der Waals surface area contributed by atoms with Gasteiger partial charge in [0.2, 0.25) is 0 Å². The number of hydrogen-bond acceptors (Lipinski definition) is 6. The van der Waals surface area contributed by atoms with Crippen LogP contribution in [0.1, 0.15) is 40.7 Å². The number of hydrogen-bond donors (Lipinski definition) is 1. The van der Waals surface area contributed by atoms with Crippen LogP contribution in [0, 0.1) is 6.92 Å². The zero-order chi connectivity index (χ0) is 19.2. The Morgan fingerprint density at radius 3 is 2.78 bits per heavy atom. The molecule has 7 heteroatoms. The Bertz CT molecular complexity index is 795. The molecule has 2 aromatic rings. The molecule has 1 aliphatic heterocycles. The van der Waals surface area contributed by atoms with Gasteiger partial charge in [0.1, 0.15) is 9.88 Å². The van der Waals surface area contributed by atoms with Crippen molar-refractivity contribution >= 4 is 23.2 Å². The zero-order valence-corrected chi connectivity index (χ0v) is 16.4. The van der Waals surface area contributed by atoms with E-state index in [2.05, 4.69) is 29.4 Å². The Labute approximate surface area is 162 Å². The number of aromatic nitrogens is 1. The van der Waals surface area contributed by atoms with Crippen LogP contribution < -0.4 is 5.32 Å². The standard InChI is InChI=1S/C20H24N2O4S/c1-3-14-6-8-15(9-7-14)19-22-13(2)18(27-19)20(24)26-12-17(23)21-11-16-5-4-10-25-16/h6-9,16H,3-5,10-12H2,1-2H3,(H,21,23)/t16-/m1/s1. The summed E-state index contributed by atoms with van der Waals surface area (Å²) < 4.78 is 10.6. The monoisotopic (exact) mass is 388 g/mol. The fraction of sp³-hybridized carbons (Fsp3) is 0.450. The molecule has 0 bridgehead atoms. The second-order valence-corrected chi connectivity index (χ2v) is 7.50. The lowest BCUT2D eigenvalue weighted by atomic mass is 10.1. The number of carbonyl (C=O) groups excluding carboxylic acids is 2. The van der Waals surface area contributed by atoms with Crippen LogP contribution in [-0.2, 0) is 20.7 Å². The van der Waals surface area contributed by atoms with Gasteiger partial charge in [0.25, 0.3) is 5.91 Å². The summed E-state index contributed by atoms with van der Waals surface area (Å²) in [5.74, 6) is -0.843. The van der Waals surface area contributed by atoms with Crippen LogP contribution in [0.3, 0.4) is 0 Å². The maximum atomic E-state index is 12.3. The highest BCUT2D eigenvalue weighted by Crippen LogP contribution is 2.28. The van der Waals surface area contributed by atoms with Crippen molar-refractivity contribution in [2.24, 2.45) is 0 Å². The van der Waals surface area contributed by atoms with E-state index in [-0.39, 0.29) is 18.6 Å². The van der Waals surface area contributed by atoms with Gasteiger partial charge >= 0.3 is 5.97 Å². The van der Waals surface area contributed by atoms with Gasteiger partial charge in [-0.15, -0.1) is 11.3 Å². The molecule has 0 spiro atoms. The van der Waals surface area contributed by atoms with Crippen molar-refractivity contribution in [1.82, 2.24) is 10.3 Å². The largest absolute Gasteiger partial charge is 0.451 e. The molecule has 1 amide bonds. The topological polar surface area (TPSA) is 77.5 Å². The highest BCUT2D eigenvalue weighted by atomic mass is 32.1. The number of thiazole rings is 1. The molecule has 1 aromatic carbocycles. The first-order chi connectivity index (χ1) is 13.1. The van der Waals surface area contributed by atoms with Gasteiger partial charge in [-0.25, -0.2) is 9.78 Å². The van der Waals surface area contributed by atoms with Gasteiger partial charge in [0.05, 0.1) is 11.8 Å². The number of aryl methyl sites for hydroxylation is 2. The summed E-state index contributed by atoms with van der Waals surface area (Å²) in [6.07, 6.45) is 3.00. The number of ether oxygens (including phenoxy) is 2. The molecule has 27 heavy (non-hydrogen) atoms. The summed E-state index contributed by atoms with van der Waals surface area (Å²) in [7, 11) is 0. The number of esters is 1. The van der Waals surface area contributed by atoms with E-state index in [4.69, 9.17) is 9.47 Å². The number of nitrogens with one attached hydrogen (secondary N) is 1. The average molecular weight is 388 g/mol. The maximum absolute atomic E-state index is 12.3. The quantitative estimate of drug-likeness (QED) is 0.738. The van der Waals surface area contributed by atoms with E-state index < -0.39 is 5.97 Å². The molecule has 3 rings (SSSR count). The van der Waals surface area contributed by atoms with Crippen molar-refractivity contribution in [1.29, 1.82) is 0 Å². The van der Waals surface area contributed by atoms with Crippen molar-refractivity contribution in [3.63, 3.8) is 0 Å². The Hall–Kier alpha value is -2.25. The van der Waals surface area contributed by atoms with Crippen molar-refractivity contribution in [2.45, 2.75) is 39.2 Å². The predicted molar refractivity (Wildman–Crippen MR) is 104 cm³/mol. The molecule has 0 unspecified atom stereocenters. The van der Waals surface area contributed by atoms with Crippen LogP contribution in [0.5, 0.6) is 0 Å². The Morgan fingerprint density at radius 2 is 2.11 bits per heavy atom. The molecule has 1 atom stereocenters. The van der Waals surface area contributed by atoms with E-state index in [1.165, 1.54) is 16.9 Å². The molecule has 0 aliphatic carbocycles. The van der Waals surface area contributed by atoms with Crippen molar-refractivity contribution < 1.29 is 19.1 Å². The summed E-state index contributed by atoms with van der Waals surface area (Å²) in [5.41, 5.74) is 2.83. The first kappa shape index (κ1) is 19.5. The van der Waals surface area contributed by atoms with Crippen LogP contribution in [0.15, 0.2) is 24.3 Å². The third-order valence-electron chi connectivity index (χ3n) is 4.48. The molecule has 1 fully saturated rings. The van der Waals surface area contributed by atoms with Gasteiger partial charge in [0.15, 0.2) is 6.61 Å². The minimum atomic E-state index is -0.520. The Kier molecular flexibility index (Phi) is 6.58. The van der Waals surface area contributed by atoms with E-state index >= 15 is 0 Å². The highest BCUT2D eigenvalue weighted by Gasteiger charge is 2.20. The lowest BCUT2D eigenvalue weighted by Gasteiger charge is -2.10. The summed E-state index contributed by atoms with van der Waals surface area (Å²) in [6.45, 7) is 4.77. The normalized spacial score (nSPS) is 16.3. The molecule has 1 aliphatic rings. The number of nitrogens with zero attached hydrogens (tertiary/aromatic N) is 1. The van der Waals surface area contributed by atoms with Gasteiger partial charge in [-0.1, -0.05) is 31.2 Å². The molecule has 1 N–H and O–H groups in total. The van der Waals surface area contributed by atoms with Gasteiger partial charge in [-0.2, -0.15) is 0 Å². The van der Waals surface area contributed by atoms with Crippen molar-refractivity contribution in [3.8, 4) is 10.6 Å². The first-order valence-corrected chi connectivity index (χ1v) is 10.0. The lowest BCUT2D eigenvalue weighted by Crippen LogP contribution is -2.34. The fourth-order valence-electron chi connectivity index (χ4n) is 2.87. The summed E-state index contributed by atoms with van der Waals surface area (Å²) in [6, 6.07) is 8.13. The highest BCUT2D eigenvalue weighted by molar-refractivity contribution is 7.17. The van der Waals surface area contributed by atoms with E-state index in [0.29, 0.717) is 17.1 Å². The number of amides is 1. The van der Waals surface area contributed by atoms with Crippen molar-refractivity contribution in [2.75, 3.05) is 19.8 Å². The molecule has 2 heterocycles. The molecule has 0 saturated carbocycles. The predicted octanol–water partition coefficient (Wildman–Crippen LogP) is 3.13. The molecule has 1 aromatic heterocycles. The second-order valence-electron chi connectivity index (χ2n) is 6.50. The van der Waals surface area contributed by atoms with Gasteiger partial charge in [-0.3, -0.25) is 4.79 Å². The molecular formula is C20H24N2O4S. The van der Waals surface area contributed by atoms with Crippen LogP contribution in [0.25, 0.3) is 10.6 Å². The van der Waals surface area contributed by atoms with E-state index in [0.717, 1.165) is 36.4 Å². The third-order valence-corrected chi connectivity index (χ3v) is 5.66. The minimum absolute atomic E-state index is 0.0649. The number of rotatable bonds is 7. The van der Waals surface area contributed by atoms with E-state index in [9.17, 15) is 9.59 Å². The summed E-state index contributed by atoms with van der Waals surface area (Å²) >= 11 is 1.28. The number of benzene rings is 1. The Balaban J connectivity index is 1.54. The maximum Gasteiger partial charge on any atom is 0.350 e. The molecule has 0 radical (unpaired) electrons. The zero-order valence-electron chi connectivity index (χ0n) is 15.6. The van der Waals surface area contributed by atoms with Crippen molar-refractivity contribution in [3.05, 3.63) is 40.4 Å². The van der Waals surface area contributed by atoms with Crippen LogP contribution >= 0.6 is 11.3 Å². The van der Waals surface area contributed by atoms with E-state index in [1.807, 2.05) is 12.1 Å². The third kappa shape index (κ3) is 5.14. The molecule has 6 nitrogen and oxygen atoms in total. The average Bonchev–Trinajstić information content (AvgIpc) is 3.34. The SMILES string of the molecule is CCc1ccc(-c2nc(C)c(C(=O)OCC(=O)NC[C@H]3CCCO3)s2)cc1. The summed E-state index contributed by atoms with van der Waals surface area (Å²) in [5, 5.41) is 3.50. The molecular weight excluding hydrogens is 364 g/mol. The lowest BCUT2D eigenvalue weighted by molar-refractivity contribution is -0.124. The number of carbonyl (C=O) groups is 2. The van der Waals surface area contributed by atoms with Crippen LogP contribution in [0.4, 0.5) is 0 Å². The van der Waals surface area contributed by atoms with Gasteiger partial charge in [0, 0.05) is 18.7 Å². The van der Waals surface area contributed by atoms with E-state index in [1.54, 1.807) is 6.92 Å². The summed E-state index contributed by atoms with van der Waals surface area (Å²) in [4.78, 5) is 29.1. The van der Waals surface area contributed by atoms with Crippen LogP contribution in [0.2, 0.25) is 0 Å². The van der Waals surface area contributed by atoms with Crippen LogP contribution in [-0.4, -0.2) is 42.7 Å². The van der Waals surface area contributed by atoms with Gasteiger partial charge in [-0.05, 0) is 31.7 Å². The second kappa shape index (κ2) is 9.10. The molecule has 144 valence electrons. The molecule has 1 saturated heterocycles.